The van der Waals surface area contributed by atoms with E-state index in [2.05, 4.69) is 0 Å². The Bertz CT molecular complexity index is 1300. The van der Waals surface area contributed by atoms with Crippen molar-refractivity contribution in [1.82, 2.24) is 0 Å². The zero-order valence-electron chi connectivity index (χ0n) is 18.7. The molecule has 0 radical (unpaired) electrons. The van der Waals surface area contributed by atoms with E-state index in [0.717, 1.165) is 23.1 Å². The fraction of sp³-hybridized carbons (Fsp3) is 0.154. The number of benzene rings is 3. The van der Waals surface area contributed by atoms with Crippen LogP contribution >= 0.6 is 0 Å². The summed E-state index contributed by atoms with van der Waals surface area (Å²) in [7, 11) is 2.94. The van der Waals surface area contributed by atoms with E-state index < -0.39 is 35.2 Å². The van der Waals surface area contributed by atoms with Crippen molar-refractivity contribution in [3.05, 3.63) is 95.1 Å². The van der Waals surface area contributed by atoms with Crippen molar-refractivity contribution < 1.29 is 37.3 Å². The van der Waals surface area contributed by atoms with Crippen molar-refractivity contribution in [3.63, 3.8) is 0 Å². The number of anilines is 1. The lowest BCUT2D eigenvalue weighted by Gasteiger charge is -2.26. The molecule has 9 heteroatoms. The van der Waals surface area contributed by atoms with E-state index in [-0.39, 0.29) is 16.8 Å². The molecule has 4 rings (SSSR count). The van der Waals surface area contributed by atoms with Gasteiger partial charge in [-0.3, -0.25) is 14.5 Å². The third-order valence-corrected chi connectivity index (χ3v) is 5.69. The number of halogens is 3. The van der Waals surface area contributed by atoms with E-state index in [4.69, 9.17) is 9.47 Å². The number of nitrogens with zero attached hydrogens (tertiary/aromatic N) is 1. The third-order valence-electron chi connectivity index (χ3n) is 5.69. The summed E-state index contributed by atoms with van der Waals surface area (Å²) in [5, 5.41) is 11.1. The smallest absolute Gasteiger partial charge is 0.416 e. The van der Waals surface area contributed by atoms with Gasteiger partial charge in [0, 0.05) is 11.3 Å². The van der Waals surface area contributed by atoms with Gasteiger partial charge in [0.2, 0.25) is 0 Å². The Morgan fingerprint density at radius 3 is 2.00 bits per heavy atom. The molecule has 1 saturated heterocycles. The second-order valence-electron chi connectivity index (χ2n) is 7.72. The first-order chi connectivity index (χ1) is 16.7. The summed E-state index contributed by atoms with van der Waals surface area (Å²) in [4.78, 5) is 27.2. The molecule has 1 atom stereocenters. The zero-order valence-corrected chi connectivity index (χ0v) is 18.7. The Balaban J connectivity index is 1.92. The highest BCUT2D eigenvalue weighted by Crippen LogP contribution is 2.43. The second-order valence-corrected chi connectivity index (χ2v) is 7.72. The summed E-state index contributed by atoms with van der Waals surface area (Å²) in [6, 6.07) is 15.5. The average molecular weight is 483 g/mol. The van der Waals surface area contributed by atoms with E-state index in [0.29, 0.717) is 17.1 Å². The number of carbonyl (C=O) groups excluding carboxylic acids is 2. The number of alkyl halides is 3. The Morgan fingerprint density at radius 1 is 0.886 bits per heavy atom. The lowest BCUT2D eigenvalue weighted by Crippen LogP contribution is -2.29. The number of methoxy groups -OCH3 is 2. The van der Waals surface area contributed by atoms with Crippen LogP contribution in [0, 0.1) is 0 Å². The summed E-state index contributed by atoms with van der Waals surface area (Å²) < 4.78 is 50.4. The number of ether oxygens (including phenoxy) is 2. The first kappa shape index (κ1) is 23.9. The number of aliphatic hydroxyl groups is 1. The van der Waals surface area contributed by atoms with Gasteiger partial charge in [0.25, 0.3) is 11.7 Å². The van der Waals surface area contributed by atoms with Gasteiger partial charge >= 0.3 is 6.18 Å². The van der Waals surface area contributed by atoms with Crippen LogP contribution in [0.15, 0.2) is 78.4 Å². The average Bonchev–Trinajstić information content (AvgIpc) is 3.13. The molecule has 0 unspecified atom stereocenters. The van der Waals surface area contributed by atoms with Gasteiger partial charge in [-0.1, -0.05) is 18.2 Å². The predicted molar refractivity (Wildman–Crippen MR) is 122 cm³/mol. The maximum Gasteiger partial charge on any atom is 0.416 e. The van der Waals surface area contributed by atoms with Crippen LogP contribution in [-0.4, -0.2) is 31.0 Å². The van der Waals surface area contributed by atoms with Crippen molar-refractivity contribution in [3.8, 4) is 11.5 Å². The molecule has 3 aromatic carbocycles. The van der Waals surface area contributed by atoms with Crippen LogP contribution in [0.4, 0.5) is 18.9 Å². The number of rotatable bonds is 5. The van der Waals surface area contributed by atoms with E-state index in [9.17, 15) is 27.9 Å². The molecular weight excluding hydrogens is 463 g/mol. The Labute approximate surface area is 198 Å². The molecule has 35 heavy (non-hydrogen) atoms. The standard InChI is InChI=1S/C26H20F3NO5/c1-34-19-10-6-15(7-11-19)22-21(23(31)16-8-12-20(35-2)13-9-16)24(32)25(33)30(22)18-5-3-4-17(14-18)26(27,28)29/h3-14,22,31H,1-2H3/t22-/m1/s1. The monoisotopic (exact) mass is 483 g/mol. The summed E-state index contributed by atoms with van der Waals surface area (Å²) in [6.45, 7) is 0. The Morgan fingerprint density at radius 2 is 1.46 bits per heavy atom. The Hall–Kier alpha value is -4.27. The van der Waals surface area contributed by atoms with Gasteiger partial charge in [-0.15, -0.1) is 0 Å². The molecule has 0 spiro atoms. The fourth-order valence-corrected chi connectivity index (χ4v) is 3.94. The molecule has 1 N–H and O–H groups in total. The minimum Gasteiger partial charge on any atom is -0.507 e. The van der Waals surface area contributed by atoms with Crippen molar-refractivity contribution in [2.24, 2.45) is 0 Å². The van der Waals surface area contributed by atoms with Crippen molar-refractivity contribution >= 4 is 23.1 Å². The van der Waals surface area contributed by atoms with Crippen LogP contribution in [-0.2, 0) is 15.8 Å². The van der Waals surface area contributed by atoms with E-state index in [1.54, 1.807) is 36.4 Å². The number of Topliss-reactive ketones (excluding diaryl/α,β-unsaturated/α-hetero) is 1. The molecule has 0 bridgehead atoms. The molecule has 1 aliphatic heterocycles. The maximum atomic E-state index is 13.4. The molecule has 0 aliphatic carbocycles. The van der Waals surface area contributed by atoms with Crippen LogP contribution in [0.2, 0.25) is 0 Å². The molecule has 1 amide bonds. The van der Waals surface area contributed by atoms with E-state index >= 15 is 0 Å². The first-order valence-corrected chi connectivity index (χ1v) is 10.4. The fourth-order valence-electron chi connectivity index (χ4n) is 3.94. The normalized spacial score (nSPS) is 17.5. The van der Waals surface area contributed by atoms with E-state index in [1.165, 1.54) is 32.4 Å². The molecule has 0 aromatic heterocycles. The van der Waals surface area contributed by atoms with Crippen LogP contribution < -0.4 is 14.4 Å². The lowest BCUT2D eigenvalue weighted by molar-refractivity contribution is -0.137. The number of hydrogen-bond acceptors (Lipinski definition) is 5. The highest BCUT2D eigenvalue weighted by molar-refractivity contribution is 6.51. The number of amides is 1. The van der Waals surface area contributed by atoms with E-state index in [1.807, 2.05) is 0 Å². The van der Waals surface area contributed by atoms with Gasteiger partial charge in [0.1, 0.15) is 17.3 Å². The van der Waals surface area contributed by atoms with Gasteiger partial charge in [0.15, 0.2) is 0 Å². The van der Waals surface area contributed by atoms with Crippen LogP contribution in [0.1, 0.15) is 22.7 Å². The molecule has 180 valence electrons. The van der Waals surface area contributed by atoms with Gasteiger partial charge in [-0.25, -0.2) is 0 Å². The first-order valence-electron chi connectivity index (χ1n) is 10.4. The number of aliphatic hydroxyl groups excluding tert-OH is 1. The molecule has 6 nitrogen and oxygen atoms in total. The summed E-state index contributed by atoms with van der Waals surface area (Å²) in [5.41, 5.74) is -0.705. The summed E-state index contributed by atoms with van der Waals surface area (Å²) in [6.07, 6.45) is -4.65. The molecule has 0 saturated carbocycles. The molecule has 1 aliphatic rings. The molecule has 3 aromatic rings. The minimum atomic E-state index is -4.65. The van der Waals surface area contributed by atoms with Crippen molar-refractivity contribution in [2.45, 2.75) is 12.2 Å². The number of carbonyl (C=O) groups is 2. The third kappa shape index (κ3) is 4.44. The van der Waals surface area contributed by atoms with Crippen LogP contribution in [0.25, 0.3) is 5.76 Å². The van der Waals surface area contributed by atoms with Gasteiger partial charge in [-0.2, -0.15) is 13.2 Å². The van der Waals surface area contributed by atoms with Crippen molar-refractivity contribution in [2.75, 3.05) is 19.1 Å². The van der Waals surface area contributed by atoms with Gasteiger partial charge in [0.05, 0.1) is 31.4 Å². The second kappa shape index (κ2) is 9.17. The predicted octanol–water partition coefficient (Wildman–Crippen LogP) is 5.35. The molecular formula is C26H20F3NO5. The quantitative estimate of drug-likeness (QED) is 0.301. The zero-order chi connectivity index (χ0) is 25.3. The topological polar surface area (TPSA) is 76.1 Å². The minimum absolute atomic E-state index is 0.128. The SMILES string of the molecule is COc1ccc(C(O)=C2C(=O)C(=O)N(c3cccc(C(F)(F)F)c3)[C@@H]2c2ccc(OC)cc2)cc1. The van der Waals surface area contributed by atoms with Crippen LogP contribution in [0.3, 0.4) is 0 Å². The van der Waals surface area contributed by atoms with Gasteiger partial charge in [-0.05, 0) is 60.2 Å². The maximum absolute atomic E-state index is 13.4. The molecule has 1 heterocycles. The van der Waals surface area contributed by atoms with Crippen LogP contribution in [0.5, 0.6) is 11.5 Å². The largest absolute Gasteiger partial charge is 0.507 e. The lowest BCUT2D eigenvalue weighted by atomic mass is 9.95. The number of hydrogen-bond donors (Lipinski definition) is 1. The van der Waals surface area contributed by atoms with Gasteiger partial charge < -0.3 is 14.6 Å². The highest BCUT2D eigenvalue weighted by atomic mass is 19.4. The Kier molecular flexibility index (Phi) is 6.26. The van der Waals surface area contributed by atoms with Crippen molar-refractivity contribution in [1.29, 1.82) is 0 Å². The number of ketones is 1. The highest BCUT2D eigenvalue weighted by Gasteiger charge is 2.47. The summed E-state index contributed by atoms with van der Waals surface area (Å²) >= 11 is 0. The molecule has 1 fully saturated rings. The summed E-state index contributed by atoms with van der Waals surface area (Å²) in [5.74, 6) is -1.52.